The highest BCUT2D eigenvalue weighted by molar-refractivity contribution is 6.43. The van der Waals surface area contributed by atoms with Gasteiger partial charge >= 0.3 is 0 Å². The van der Waals surface area contributed by atoms with Crippen LogP contribution in [0.25, 0.3) is 0 Å². The van der Waals surface area contributed by atoms with Crippen molar-refractivity contribution in [1.29, 1.82) is 5.26 Å². The maximum Gasteiger partial charge on any atom is 0.0631 e. The lowest BCUT2D eigenvalue weighted by atomic mass is 10.2. The second-order valence-corrected chi connectivity index (χ2v) is 3.93. The summed E-state index contributed by atoms with van der Waals surface area (Å²) in [7, 11) is 0. The summed E-state index contributed by atoms with van der Waals surface area (Å²) < 4.78 is 0. The molecule has 1 nitrogen and oxygen atoms in total. The quantitative estimate of drug-likeness (QED) is 0.418. The first-order valence-electron chi connectivity index (χ1n) is 4.15. The second-order valence-electron chi connectivity index (χ2n) is 2.71. The van der Waals surface area contributed by atoms with E-state index < -0.39 is 0 Å². The van der Waals surface area contributed by atoms with Gasteiger partial charge in [0.25, 0.3) is 0 Å². The Balaban J connectivity index is 2.90. The Hall–Kier alpha value is -0.860. The van der Waals surface area contributed by atoms with Gasteiger partial charge in [0.15, 0.2) is 0 Å². The van der Waals surface area contributed by atoms with Crippen LogP contribution < -0.4 is 0 Å². The first-order chi connectivity index (χ1) is 7.15. The third-order valence-corrected chi connectivity index (χ3v) is 2.63. The van der Waals surface area contributed by atoms with E-state index in [1.165, 1.54) is 0 Å². The molecular weight excluding hydrogens is 252 g/mol. The van der Waals surface area contributed by atoms with Crippen molar-refractivity contribution in [3.63, 3.8) is 0 Å². The molecule has 1 aromatic carbocycles. The van der Waals surface area contributed by atoms with E-state index in [2.05, 4.69) is 11.8 Å². The number of hydrogen-bond acceptors (Lipinski definition) is 1. The van der Waals surface area contributed by atoms with Crippen molar-refractivity contribution in [3.05, 3.63) is 32.8 Å². The van der Waals surface area contributed by atoms with Crippen molar-refractivity contribution in [2.24, 2.45) is 0 Å². The van der Waals surface area contributed by atoms with Gasteiger partial charge < -0.3 is 0 Å². The number of halogens is 3. The number of nitrogens with zero attached hydrogens (tertiary/aromatic N) is 1. The van der Waals surface area contributed by atoms with Crippen LogP contribution in [0, 0.1) is 23.2 Å². The largest absolute Gasteiger partial charge is 0.198 e. The normalized spacial score (nSPS) is 8.93. The van der Waals surface area contributed by atoms with Crippen molar-refractivity contribution >= 4 is 34.8 Å². The average Bonchev–Trinajstić information content (AvgIpc) is 2.20. The van der Waals surface area contributed by atoms with Gasteiger partial charge in [0.05, 0.1) is 21.1 Å². The van der Waals surface area contributed by atoms with E-state index in [4.69, 9.17) is 40.1 Å². The molecule has 0 atom stereocenters. The van der Waals surface area contributed by atoms with E-state index in [1.807, 2.05) is 6.07 Å². The van der Waals surface area contributed by atoms with Crippen LogP contribution >= 0.6 is 34.8 Å². The minimum Gasteiger partial charge on any atom is -0.198 e. The predicted octanol–water partition coefficient (Wildman–Crippen LogP) is 4.30. The molecule has 0 aliphatic carbocycles. The Morgan fingerprint density at radius 1 is 1.00 bits per heavy atom. The predicted molar refractivity (Wildman–Crippen MR) is 63.2 cm³/mol. The third-order valence-electron chi connectivity index (χ3n) is 1.59. The number of unbranched alkanes of at least 4 members (excludes halogenated alkanes) is 1. The van der Waals surface area contributed by atoms with Crippen LogP contribution in [0.5, 0.6) is 0 Å². The molecule has 0 aromatic heterocycles. The topological polar surface area (TPSA) is 23.8 Å². The molecule has 1 aromatic rings. The summed E-state index contributed by atoms with van der Waals surface area (Å²) in [6.45, 7) is 0. The first kappa shape index (κ1) is 12.2. The van der Waals surface area contributed by atoms with Crippen LogP contribution in [0.2, 0.25) is 15.1 Å². The molecule has 0 bridgehead atoms. The molecule has 0 heterocycles. The number of hydrogen-bond donors (Lipinski definition) is 0. The van der Waals surface area contributed by atoms with E-state index >= 15 is 0 Å². The molecule has 0 amide bonds. The van der Waals surface area contributed by atoms with Crippen LogP contribution in [0.1, 0.15) is 18.4 Å². The molecule has 4 heteroatoms. The summed E-state index contributed by atoms with van der Waals surface area (Å²) in [5, 5.41) is 9.61. The Labute approximate surface area is 104 Å². The van der Waals surface area contributed by atoms with Crippen LogP contribution in [-0.2, 0) is 0 Å². The second kappa shape index (κ2) is 5.89. The standard InChI is InChI=1S/C11H6Cl3N/c12-9-7-11(14)10(13)6-8(9)4-2-1-3-5-15/h6-7H,1,3H2. The highest BCUT2D eigenvalue weighted by atomic mass is 35.5. The molecule has 0 spiro atoms. The number of rotatable bonds is 1. The van der Waals surface area contributed by atoms with Crippen molar-refractivity contribution < 1.29 is 0 Å². The molecular formula is C11H6Cl3N. The fourth-order valence-corrected chi connectivity index (χ4v) is 1.49. The molecule has 0 saturated heterocycles. The summed E-state index contributed by atoms with van der Waals surface area (Å²) in [6, 6.07) is 5.18. The Kier molecular flexibility index (Phi) is 4.79. The third kappa shape index (κ3) is 3.65. The first-order valence-corrected chi connectivity index (χ1v) is 5.29. The zero-order valence-electron chi connectivity index (χ0n) is 7.65. The van der Waals surface area contributed by atoms with Crippen molar-refractivity contribution in [1.82, 2.24) is 0 Å². The van der Waals surface area contributed by atoms with Gasteiger partial charge in [-0.15, -0.1) is 0 Å². The van der Waals surface area contributed by atoms with Crippen LogP contribution in [0.4, 0.5) is 0 Å². The van der Waals surface area contributed by atoms with E-state index in [-0.39, 0.29) is 0 Å². The van der Waals surface area contributed by atoms with Crippen molar-refractivity contribution in [3.8, 4) is 17.9 Å². The lowest BCUT2D eigenvalue weighted by Gasteiger charge is -1.99. The lowest BCUT2D eigenvalue weighted by molar-refractivity contribution is 1.09. The Morgan fingerprint density at radius 3 is 2.33 bits per heavy atom. The highest BCUT2D eigenvalue weighted by Gasteiger charge is 2.03. The van der Waals surface area contributed by atoms with Gasteiger partial charge in [-0.3, -0.25) is 0 Å². The van der Waals surface area contributed by atoms with Gasteiger partial charge in [-0.1, -0.05) is 46.6 Å². The summed E-state index contributed by atoms with van der Waals surface area (Å²) in [5.74, 6) is 5.67. The van der Waals surface area contributed by atoms with Gasteiger partial charge in [-0.05, 0) is 12.1 Å². The summed E-state index contributed by atoms with van der Waals surface area (Å²) >= 11 is 17.5. The van der Waals surface area contributed by atoms with E-state index in [0.717, 1.165) is 0 Å². The van der Waals surface area contributed by atoms with E-state index in [9.17, 15) is 0 Å². The summed E-state index contributed by atoms with van der Waals surface area (Å²) in [4.78, 5) is 0. The zero-order valence-corrected chi connectivity index (χ0v) is 9.92. The fourth-order valence-electron chi connectivity index (χ4n) is 0.894. The van der Waals surface area contributed by atoms with Gasteiger partial charge in [-0.25, -0.2) is 0 Å². The molecule has 1 rings (SSSR count). The average molecular weight is 259 g/mol. The van der Waals surface area contributed by atoms with Gasteiger partial charge in [0.2, 0.25) is 0 Å². The maximum absolute atomic E-state index is 8.32. The SMILES string of the molecule is N#CCCC#Cc1cc(Cl)c(Cl)cc1Cl. The smallest absolute Gasteiger partial charge is 0.0631 e. The fraction of sp³-hybridized carbons (Fsp3) is 0.182. The molecule has 76 valence electrons. The van der Waals surface area contributed by atoms with Crippen LogP contribution in [0.3, 0.4) is 0 Å². The highest BCUT2D eigenvalue weighted by Crippen LogP contribution is 2.28. The zero-order chi connectivity index (χ0) is 11.3. The monoisotopic (exact) mass is 257 g/mol. The van der Waals surface area contributed by atoms with Gasteiger partial charge in [-0.2, -0.15) is 5.26 Å². The molecule has 0 aliphatic rings. The summed E-state index contributed by atoms with van der Waals surface area (Å²) in [5.41, 5.74) is 0.629. The Bertz CT molecular complexity index is 463. The van der Waals surface area contributed by atoms with Crippen molar-refractivity contribution in [2.75, 3.05) is 0 Å². The van der Waals surface area contributed by atoms with E-state index in [1.54, 1.807) is 12.1 Å². The van der Waals surface area contributed by atoms with Gasteiger partial charge in [0, 0.05) is 18.4 Å². The van der Waals surface area contributed by atoms with Crippen molar-refractivity contribution in [2.45, 2.75) is 12.8 Å². The molecule has 0 unspecified atom stereocenters. The Morgan fingerprint density at radius 2 is 1.67 bits per heavy atom. The minimum atomic E-state index is 0.407. The molecule has 0 fully saturated rings. The molecule has 0 saturated carbocycles. The molecule has 0 aliphatic heterocycles. The maximum atomic E-state index is 8.32. The molecule has 0 radical (unpaired) electrons. The molecule has 0 N–H and O–H groups in total. The molecule has 15 heavy (non-hydrogen) atoms. The van der Waals surface area contributed by atoms with E-state index in [0.29, 0.717) is 33.5 Å². The number of nitriles is 1. The van der Waals surface area contributed by atoms with Crippen LogP contribution in [0.15, 0.2) is 12.1 Å². The summed E-state index contributed by atoms with van der Waals surface area (Å²) in [6.07, 6.45) is 0.930. The lowest BCUT2D eigenvalue weighted by Crippen LogP contribution is -1.79. The van der Waals surface area contributed by atoms with Gasteiger partial charge in [0.1, 0.15) is 0 Å². The minimum absolute atomic E-state index is 0.407. The number of benzene rings is 1. The van der Waals surface area contributed by atoms with Crippen LogP contribution in [-0.4, -0.2) is 0 Å².